The van der Waals surface area contributed by atoms with E-state index in [9.17, 15) is 9.59 Å². The average Bonchev–Trinajstić information content (AvgIpc) is 2.60. The highest BCUT2D eigenvalue weighted by atomic mass is 16.5. The predicted molar refractivity (Wildman–Crippen MR) is 105 cm³/mol. The number of carbonyl (C=O) groups excluding carboxylic acids is 2. The minimum atomic E-state index is -0.184. The van der Waals surface area contributed by atoms with Crippen molar-refractivity contribution in [3.8, 4) is 0 Å². The van der Waals surface area contributed by atoms with E-state index in [1.807, 2.05) is 0 Å². The summed E-state index contributed by atoms with van der Waals surface area (Å²) in [6, 6.07) is 0. The third kappa shape index (κ3) is 19.1. The van der Waals surface area contributed by atoms with Crippen LogP contribution in [-0.4, -0.2) is 25.0 Å². The molecule has 0 rings (SSSR count). The minimum Gasteiger partial charge on any atom is -0.466 e. The van der Waals surface area contributed by atoms with E-state index in [1.165, 1.54) is 57.8 Å². The number of ether oxygens (including phenoxy) is 1. The van der Waals surface area contributed by atoms with Crippen molar-refractivity contribution in [2.24, 2.45) is 0 Å². The van der Waals surface area contributed by atoms with E-state index < -0.39 is 0 Å². The quantitative estimate of drug-likeness (QED) is 0.259. The molecule has 0 aromatic heterocycles. The molecule has 0 bridgehead atoms. The molecule has 0 aliphatic carbocycles. The Morgan fingerprint density at radius 1 is 0.680 bits per heavy atom. The third-order valence-electron chi connectivity index (χ3n) is 4.40. The van der Waals surface area contributed by atoms with Gasteiger partial charge in [0.05, 0.1) is 6.61 Å². The fraction of sp³-hybridized carbons (Fsp3) is 0.905. The minimum absolute atomic E-state index is 0.0530. The first kappa shape index (κ1) is 23.9. The number of rotatable bonds is 18. The van der Waals surface area contributed by atoms with Gasteiger partial charge in [-0.3, -0.25) is 9.59 Å². The summed E-state index contributed by atoms with van der Waals surface area (Å²) in [5.74, 6) is -0.131. The third-order valence-corrected chi connectivity index (χ3v) is 4.40. The van der Waals surface area contributed by atoms with Crippen molar-refractivity contribution in [2.75, 3.05) is 13.2 Å². The Morgan fingerprint density at radius 2 is 1.24 bits per heavy atom. The van der Waals surface area contributed by atoms with E-state index in [2.05, 4.69) is 19.2 Å². The van der Waals surface area contributed by atoms with Gasteiger partial charge in [-0.1, -0.05) is 78.1 Å². The van der Waals surface area contributed by atoms with E-state index in [0.29, 0.717) is 25.9 Å². The summed E-state index contributed by atoms with van der Waals surface area (Å²) >= 11 is 0. The maximum atomic E-state index is 11.7. The highest BCUT2D eigenvalue weighted by Gasteiger charge is 2.05. The second kappa shape index (κ2) is 19.3. The van der Waals surface area contributed by atoms with Gasteiger partial charge in [-0.2, -0.15) is 0 Å². The summed E-state index contributed by atoms with van der Waals surface area (Å²) in [6.45, 7) is 5.57. The van der Waals surface area contributed by atoms with Crippen LogP contribution >= 0.6 is 0 Å². The molecule has 0 aliphatic rings. The Hall–Kier alpha value is -1.06. The summed E-state index contributed by atoms with van der Waals surface area (Å²) in [4.78, 5) is 23.1. The van der Waals surface area contributed by atoms with Crippen LogP contribution in [0.25, 0.3) is 0 Å². The number of hydrogen-bond acceptors (Lipinski definition) is 3. The maximum absolute atomic E-state index is 11.7. The Balaban J connectivity index is 3.26. The maximum Gasteiger partial charge on any atom is 0.305 e. The van der Waals surface area contributed by atoms with E-state index in [-0.39, 0.29) is 11.9 Å². The number of nitrogens with one attached hydrogen (secondary N) is 1. The molecule has 1 N–H and O–H groups in total. The predicted octanol–water partition coefficient (Wildman–Crippen LogP) is 5.54. The average molecular weight is 356 g/mol. The molecule has 0 saturated heterocycles. The molecule has 0 heterocycles. The van der Waals surface area contributed by atoms with Crippen LogP contribution in [0.15, 0.2) is 0 Å². The topological polar surface area (TPSA) is 55.4 Å². The van der Waals surface area contributed by atoms with Gasteiger partial charge in [0.15, 0.2) is 0 Å². The lowest BCUT2D eigenvalue weighted by Gasteiger charge is -2.06. The molecule has 0 radical (unpaired) electrons. The molecule has 0 atom stereocenters. The summed E-state index contributed by atoms with van der Waals surface area (Å²) in [7, 11) is 0. The molecule has 0 fully saturated rings. The second-order valence-corrected chi connectivity index (χ2v) is 6.96. The molecule has 0 aromatic carbocycles. The molecule has 0 aromatic rings. The van der Waals surface area contributed by atoms with Gasteiger partial charge >= 0.3 is 5.97 Å². The van der Waals surface area contributed by atoms with Crippen LogP contribution in [0.1, 0.15) is 110 Å². The van der Waals surface area contributed by atoms with Gasteiger partial charge in [0.2, 0.25) is 5.91 Å². The van der Waals surface area contributed by atoms with Crippen LogP contribution in [0, 0.1) is 0 Å². The summed E-state index contributed by atoms with van der Waals surface area (Å²) in [6.07, 6.45) is 16.3. The normalized spacial score (nSPS) is 10.6. The van der Waals surface area contributed by atoms with Crippen LogP contribution in [0.3, 0.4) is 0 Å². The molecule has 0 saturated carbocycles. The van der Waals surface area contributed by atoms with Gasteiger partial charge in [-0.15, -0.1) is 0 Å². The largest absolute Gasteiger partial charge is 0.466 e. The smallest absolute Gasteiger partial charge is 0.305 e. The Morgan fingerprint density at radius 3 is 1.84 bits per heavy atom. The summed E-state index contributed by atoms with van der Waals surface area (Å²) in [5, 5.41) is 2.94. The van der Waals surface area contributed by atoms with Crippen LogP contribution in [0.2, 0.25) is 0 Å². The molecule has 4 heteroatoms. The van der Waals surface area contributed by atoms with E-state index in [1.54, 1.807) is 0 Å². The number of hydrogen-bond donors (Lipinski definition) is 1. The van der Waals surface area contributed by atoms with Crippen molar-refractivity contribution in [1.29, 1.82) is 0 Å². The highest BCUT2D eigenvalue weighted by molar-refractivity contribution is 5.76. The number of esters is 1. The second-order valence-electron chi connectivity index (χ2n) is 6.96. The molecule has 0 unspecified atom stereocenters. The molecule has 4 nitrogen and oxygen atoms in total. The van der Waals surface area contributed by atoms with Crippen molar-refractivity contribution in [3.63, 3.8) is 0 Å². The molecule has 0 aliphatic heterocycles. The fourth-order valence-electron chi connectivity index (χ4n) is 2.72. The summed E-state index contributed by atoms with van der Waals surface area (Å²) < 4.78 is 5.07. The zero-order chi connectivity index (χ0) is 18.6. The first-order chi connectivity index (χ1) is 12.2. The lowest BCUT2D eigenvalue weighted by atomic mass is 10.1. The van der Waals surface area contributed by atoms with Gasteiger partial charge in [0, 0.05) is 19.4 Å². The van der Waals surface area contributed by atoms with Crippen molar-refractivity contribution in [3.05, 3.63) is 0 Å². The monoisotopic (exact) mass is 355 g/mol. The lowest BCUT2D eigenvalue weighted by molar-refractivity contribution is -0.143. The first-order valence-corrected chi connectivity index (χ1v) is 10.6. The van der Waals surface area contributed by atoms with Crippen molar-refractivity contribution < 1.29 is 14.3 Å². The summed E-state index contributed by atoms with van der Waals surface area (Å²) in [5.41, 5.74) is 0. The zero-order valence-electron chi connectivity index (χ0n) is 16.7. The van der Waals surface area contributed by atoms with Crippen LogP contribution in [0.4, 0.5) is 0 Å². The first-order valence-electron chi connectivity index (χ1n) is 10.6. The number of carbonyl (C=O) groups is 2. The highest BCUT2D eigenvalue weighted by Crippen LogP contribution is 2.10. The fourth-order valence-corrected chi connectivity index (χ4v) is 2.72. The molecular formula is C21H41NO3. The van der Waals surface area contributed by atoms with Crippen molar-refractivity contribution in [2.45, 2.75) is 110 Å². The number of unbranched alkanes of at least 4 members (excludes halogenated alkanes) is 10. The van der Waals surface area contributed by atoms with Gasteiger partial charge in [-0.25, -0.2) is 0 Å². The molecule has 25 heavy (non-hydrogen) atoms. The van der Waals surface area contributed by atoms with Crippen LogP contribution in [0.5, 0.6) is 0 Å². The molecule has 0 spiro atoms. The Bertz CT molecular complexity index is 318. The van der Waals surface area contributed by atoms with Gasteiger partial charge in [-0.05, 0) is 19.3 Å². The SMILES string of the molecule is CCCCCCCCCCCCNC(=O)CCCC(=O)OCCCC. The van der Waals surface area contributed by atoms with Crippen LogP contribution < -0.4 is 5.32 Å². The zero-order valence-corrected chi connectivity index (χ0v) is 16.7. The van der Waals surface area contributed by atoms with Crippen LogP contribution in [-0.2, 0) is 14.3 Å². The van der Waals surface area contributed by atoms with Gasteiger partial charge < -0.3 is 10.1 Å². The van der Waals surface area contributed by atoms with Gasteiger partial charge in [0.1, 0.15) is 0 Å². The van der Waals surface area contributed by atoms with E-state index in [4.69, 9.17) is 4.74 Å². The molecular weight excluding hydrogens is 314 g/mol. The lowest BCUT2D eigenvalue weighted by Crippen LogP contribution is -2.24. The van der Waals surface area contributed by atoms with E-state index in [0.717, 1.165) is 25.8 Å². The molecule has 1 amide bonds. The van der Waals surface area contributed by atoms with Crippen molar-refractivity contribution in [1.82, 2.24) is 5.32 Å². The molecule has 148 valence electrons. The Kier molecular flexibility index (Phi) is 18.5. The van der Waals surface area contributed by atoms with E-state index >= 15 is 0 Å². The van der Waals surface area contributed by atoms with Gasteiger partial charge in [0.25, 0.3) is 0 Å². The van der Waals surface area contributed by atoms with Crippen molar-refractivity contribution >= 4 is 11.9 Å². The Labute approximate surface area is 155 Å². The standard InChI is InChI=1S/C21H41NO3/c1-3-5-7-8-9-10-11-12-13-14-18-22-20(23)16-15-17-21(24)25-19-6-4-2/h3-19H2,1-2H3,(H,22,23). The number of amides is 1.